The molecular weight excluding hydrogens is 781 g/mol. The lowest BCUT2D eigenvalue weighted by Gasteiger charge is -2.46. The number of esters is 1. The van der Waals surface area contributed by atoms with Crippen LogP contribution in [0.2, 0.25) is 0 Å². The average Bonchev–Trinajstić information content (AvgIpc) is 3.30. The summed E-state index contributed by atoms with van der Waals surface area (Å²) in [5.41, 5.74) is 3.64. The van der Waals surface area contributed by atoms with E-state index in [-0.39, 0.29) is 48.0 Å². The summed E-state index contributed by atoms with van der Waals surface area (Å²) in [6, 6.07) is 33.8. The van der Waals surface area contributed by atoms with Crippen molar-refractivity contribution in [3.8, 4) is 5.75 Å². The molecular formula is C51H58N4O7. The van der Waals surface area contributed by atoms with E-state index in [1.807, 2.05) is 94.7 Å². The van der Waals surface area contributed by atoms with Gasteiger partial charge in [0.25, 0.3) is 0 Å². The molecule has 4 aliphatic heterocycles. The minimum atomic E-state index is -0.774. The highest BCUT2D eigenvalue weighted by molar-refractivity contribution is 5.87. The van der Waals surface area contributed by atoms with E-state index in [2.05, 4.69) is 9.88 Å². The zero-order valence-electron chi connectivity index (χ0n) is 35.4. The molecule has 1 aromatic heterocycles. The maximum Gasteiger partial charge on any atom is 0.317 e. The van der Waals surface area contributed by atoms with E-state index in [0.29, 0.717) is 67.8 Å². The number of carbonyl (C=O) groups is 3. The van der Waals surface area contributed by atoms with Gasteiger partial charge in [0.2, 0.25) is 17.4 Å². The summed E-state index contributed by atoms with van der Waals surface area (Å²) in [5, 5.41) is 21.9. The van der Waals surface area contributed by atoms with E-state index >= 15 is 0 Å². The molecule has 0 aliphatic carbocycles. The lowest BCUT2D eigenvalue weighted by atomic mass is 9.72. The first-order valence-electron chi connectivity index (χ1n) is 22.3. The Labute approximate surface area is 363 Å². The number of H-pyrrole nitrogens is 1. The number of nitrogens with one attached hydrogen (secondary N) is 1. The van der Waals surface area contributed by atoms with Crippen molar-refractivity contribution >= 4 is 28.7 Å². The molecule has 4 aliphatic rings. The van der Waals surface area contributed by atoms with Crippen molar-refractivity contribution in [1.29, 1.82) is 0 Å². The number of amides is 2. The Bertz CT molecular complexity index is 2370. The maximum absolute atomic E-state index is 14.1. The number of unbranched alkanes of at least 4 members (excludes halogenated alkanes) is 2. The van der Waals surface area contributed by atoms with Gasteiger partial charge in [-0.1, -0.05) is 104 Å². The van der Waals surface area contributed by atoms with E-state index < -0.39 is 11.5 Å². The molecule has 0 saturated carbocycles. The Balaban J connectivity index is 0.834. The van der Waals surface area contributed by atoms with Gasteiger partial charge in [-0.2, -0.15) is 0 Å². The number of ether oxygens (including phenoxy) is 1. The summed E-state index contributed by atoms with van der Waals surface area (Å²) < 4.78 is 6.33. The Morgan fingerprint density at radius 1 is 0.774 bits per heavy atom. The number of fused-ring (bicyclic) bond motifs is 4. The van der Waals surface area contributed by atoms with E-state index in [9.17, 15) is 29.4 Å². The van der Waals surface area contributed by atoms with Crippen LogP contribution in [0.25, 0.3) is 10.9 Å². The summed E-state index contributed by atoms with van der Waals surface area (Å²) >= 11 is 0. The van der Waals surface area contributed by atoms with Gasteiger partial charge >= 0.3 is 5.97 Å². The lowest BCUT2D eigenvalue weighted by Crippen LogP contribution is -2.55. The second-order valence-electron chi connectivity index (χ2n) is 17.5. The highest BCUT2D eigenvalue weighted by Gasteiger charge is 2.47. The van der Waals surface area contributed by atoms with Crippen LogP contribution < -0.4 is 5.56 Å². The molecule has 11 heteroatoms. The van der Waals surface area contributed by atoms with Crippen LogP contribution in [0, 0.1) is 5.92 Å². The first-order valence-corrected chi connectivity index (χ1v) is 22.3. The van der Waals surface area contributed by atoms with Gasteiger partial charge in [-0.3, -0.25) is 24.1 Å². The quantitative estimate of drug-likeness (QED) is 0.0725. The van der Waals surface area contributed by atoms with E-state index in [1.165, 1.54) is 12.1 Å². The van der Waals surface area contributed by atoms with Crippen LogP contribution in [0.4, 0.5) is 0 Å². The summed E-state index contributed by atoms with van der Waals surface area (Å²) in [7, 11) is 0. The minimum Gasteiger partial charge on any atom is -0.506 e. The Kier molecular flexibility index (Phi) is 13.5. The number of likely N-dealkylation sites (tertiary alicyclic amines) is 1. The van der Waals surface area contributed by atoms with Crippen LogP contribution >= 0.6 is 0 Å². The molecule has 9 rings (SSSR count). The summed E-state index contributed by atoms with van der Waals surface area (Å²) in [4.78, 5) is 62.2. The van der Waals surface area contributed by atoms with Crippen molar-refractivity contribution in [2.75, 3.05) is 39.3 Å². The fourth-order valence-corrected chi connectivity index (χ4v) is 9.77. The zero-order valence-corrected chi connectivity index (χ0v) is 35.4. The topological polar surface area (TPSA) is 143 Å². The number of aromatic hydroxyl groups is 1. The number of phenolic OH excluding ortho intramolecular Hbond substituents is 1. The number of piperidine rings is 4. The number of aliphatic hydroxyl groups is 1. The Morgan fingerprint density at radius 3 is 2.13 bits per heavy atom. The van der Waals surface area contributed by atoms with Crippen molar-refractivity contribution < 1.29 is 29.3 Å². The molecule has 2 amide bonds. The van der Waals surface area contributed by atoms with Crippen LogP contribution in [0.1, 0.15) is 85.3 Å². The highest BCUT2D eigenvalue weighted by Crippen LogP contribution is 2.39. The van der Waals surface area contributed by atoms with Crippen LogP contribution in [0.15, 0.2) is 114 Å². The predicted octanol–water partition coefficient (Wildman–Crippen LogP) is 6.84. The number of hydrogen-bond acceptors (Lipinski definition) is 8. The number of carbonyl (C=O) groups excluding carboxylic acids is 3. The summed E-state index contributed by atoms with van der Waals surface area (Å²) in [6.07, 6.45) is 5.65. The first kappa shape index (κ1) is 42.9. The fraction of sp³-hybridized carbons (Fsp3) is 0.412. The Hall–Kier alpha value is -5.78. The first-order chi connectivity index (χ1) is 30.1. The molecule has 2 atom stereocenters. The number of aliphatic hydroxyl groups excluding tert-OH is 1. The molecule has 0 radical (unpaired) electrons. The van der Waals surface area contributed by atoms with Crippen LogP contribution in [0.5, 0.6) is 5.75 Å². The SMILES string of the molecule is O=C(Cc1ccc(CC(=O)N(CCCCC[C@H](O)c2ccc(O)c3[nH]c(=O)ccc23)Cc2ccccc2)cc1)N1CCC(C(=O)O[C@H]2CN3CCC2CC3)(c2ccccc2)CC1. The molecule has 3 N–H and O–H groups in total. The number of rotatable bonds is 16. The van der Waals surface area contributed by atoms with E-state index in [4.69, 9.17) is 4.74 Å². The number of aromatic nitrogens is 1. The van der Waals surface area contributed by atoms with Gasteiger partial charge in [0.15, 0.2) is 0 Å². The smallest absolute Gasteiger partial charge is 0.317 e. The number of pyridine rings is 1. The number of benzene rings is 4. The molecule has 0 unspecified atom stereocenters. The van der Waals surface area contributed by atoms with Gasteiger partial charge in [0.05, 0.1) is 29.9 Å². The van der Waals surface area contributed by atoms with Gasteiger partial charge in [-0.15, -0.1) is 0 Å². The summed E-state index contributed by atoms with van der Waals surface area (Å²) in [5.74, 6) is 0.277. The number of hydrogen-bond donors (Lipinski definition) is 3. The van der Waals surface area contributed by atoms with Gasteiger partial charge in [0, 0.05) is 44.2 Å². The second kappa shape index (κ2) is 19.5. The molecule has 2 bridgehead atoms. The fourth-order valence-electron chi connectivity index (χ4n) is 9.77. The predicted molar refractivity (Wildman–Crippen MR) is 238 cm³/mol. The van der Waals surface area contributed by atoms with Crippen LogP contribution in [-0.2, 0) is 43.9 Å². The Morgan fingerprint density at radius 2 is 1.45 bits per heavy atom. The third-order valence-electron chi connectivity index (χ3n) is 13.5. The van der Waals surface area contributed by atoms with Crippen molar-refractivity contribution in [2.45, 2.75) is 88.4 Å². The molecule has 324 valence electrons. The van der Waals surface area contributed by atoms with Gasteiger partial charge in [-0.25, -0.2) is 0 Å². The highest BCUT2D eigenvalue weighted by atomic mass is 16.5. The van der Waals surface area contributed by atoms with Gasteiger partial charge in [-0.05, 0) is 97.5 Å². The molecule has 4 aromatic carbocycles. The summed E-state index contributed by atoms with van der Waals surface area (Å²) in [6.45, 7) is 4.99. The molecule has 0 spiro atoms. The zero-order chi connectivity index (χ0) is 43.1. The van der Waals surface area contributed by atoms with Crippen molar-refractivity contribution in [3.63, 3.8) is 0 Å². The largest absolute Gasteiger partial charge is 0.506 e. The average molecular weight is 839 g/mol. The molecule has 11 nitrogen and oxygen atoms in total. The lowest BCUT2D eigenvalue weighted by molar-refractivity contribution is -0.168. The number of nitrogens with zero attached hydrogens (tertiary/aromatic N) is 3. The van der Waals surface area contributed by atoms with E-state index in [1.54, 1.807) is 12.1 Å². The molecule has 4 saturated heterocycles. The third kappa shape index (κ3) is 9.95. The number of phenols is 1. The maximum atomic E-state index is 14.1. The molecule has 5 heterocycles. The van der Waals surface area contributed by atoms with E-state index in [0.717, 1.165) is 74.0 Å². The van der Waals surface area contributed by atoms with Crippen molar-refractivity contribution in [3.05, 3.63) is 147 Å². The van der Waals surface area contributed by atoms with Crippen LogP contribution in [-0.4, -0.2) is 93.1 Å². The monoisotopic (exact) mass is 838 g/mol. The van der Waals surface area contributed by atoms with Crippen LogP contribution in [0.3, 0.4) is 0 Å². The van der Waals surface area contributed by atoms with Crippen molar-refractivity contribution in [2.24, 2.45) is 5.92 Å². The molecule has 4 fully saturated rings. The molecule has 62 heavy (non-hydrogen) atoms. The normalized spacial score (nSPS) is 19.8. The molecule has 5 aromatic rings. The standard InChI is InChI=1S/C51H58N4O7/c56-43(41-19-21-44(57)49-42(41)20-22-46(58)52-49)14-8-3-9-27-55(34-38-10-4-1-5-11-38)48(60)33-37-17-15-36(16-18-37)32-47(59)54-30-25-51(26-31-54,40-12-6-2-7-13-40)50(61)62-45-35-53-28-23-39(45)24-29-53/h1-2,4-7,10-13,15-22,39,43,45,56-57H,3,8-9,14,23-35H2,(H,52,58)/t43-,45-/m0/s1. The van der Waals surface area contributed by atoms with Gasteiger partial charge in [0.1, 0.15) is 11.9 Å². The van der Waals surface area contributed by atoms with Gasteiger partial charge < -0.3 is 29.7 Å². The second-order valence-corrected chi connectivity index (χ2v) is 17.5. The third-order valence-corrected chi connectivity index (χ3v) is 13.5. The van der Waals surface area contributed by atoms with Crippen molar-refractivity contribution in [1.82, 2.24) is 19.7 Å². The minimum absolute atomic E-state index is 0.0181. The number of aromatic amines is 1.